The molecule has 2 nitrogen and oxygen atoms in total. The molecule has 2 aromatic rings. The molecule has 0 N–H and O–H groups in total. The number of thioether (sulfide) groups is 1. The Balaban J connectivity index is 1.64. The van der Waals surface area contributed by atoms with Gasteiger partial charge in [0.05, 0.1) is 0 Å². The van der Waals surface area contributed by atoms with Gasteiger partial charge in [-0.2, -0.15) is 11.8 Å². The Hall–Kier alpha value is -1.03. The van der Waals surface area contributed by atoms with Crippen molar-refractivity contribution in [3.05, 3.63) is 60.7 Å². The van der Waals surface area contributed by atoms with Crippen molar-refractivity contribution in [1.29, 1.82) is 0 Å². The first kappa shape index (κ1) is 16.3. The molecular formula is C16H16Cl2O2S. The topological polar surface area (TPSA) is 18.5 Å². The minimum atomic E-state index is -0.391. The number of hydrogen-bond acceptors (Lipinski definition) is 3. The lowest BCUT2D eigenvalue weighted by molar-refractivity contribution is 0.300. The lowest BCUT2D eigenvalue weighted by atomic mass is 10.3. The van der Waals surface area contributed by atoms with Crippen LogP contribution in [0.25, 0.3) is 0 Å². The molecule has 2 unspecified atom stereocenters. The lowest BCUT2D eigenvalue weighted by Crippen LogP contribution is -2.16. The molecule has 112 valence electrons. The van der Waals surface area contributed by atoms with Gasteiger partial charge in [0.1, 0.15) is 11.5 Å². The highest BCUT2D eigenvalue weighted by Gasteiger charge is 2.10. The summed E-state index contributed by atoms with van der Waals surface area (Å²) in [5.41, 5.74) is -0.781. The number of rotatable bonds is 8. The molecule has 21 heavy (non-hydrogen) atoms. The number of ether oxygens (including phenoxy) is 2. The van der Waals surface area contributed by atoms with Crippen molar-refractivity contribution in [2.75, 3.05) is 11.5 Å². The number of benzene rings is 2. The van der Waals surface area contributed by atoms with E-state index in [0.717, 1.165) is 11.5 Å². The van der Waals surface area contributed by atoms with E-state index in [9.17, 15) is 0 Å². The van der Waals surface area contributed by atoms with Crippen molar-refractivity contribution in [2.45, 2.75) is 11.1 Å². The van der Waals surface area contributed by atoms with Crippen LogP contribution in [0, 0.1) is 0 Å². The zero-order valence-corrected chi connectivity index (χ0v) is 13.7. The zero-order valence-electron chi connectivity index (χ0n) is 11.3. The van der Waals surface area contributed by atoms with Crippen LogP contribution in [0.3, 0.4) is 0 Å². The van der Waals surface area contributed by atoms with E-state index in [1.165, 1.54) is 0 Å². The third kappa shape index (κ3) is 6.51. The molecule has 0 aliphatic heterocycles. The van der Waals surface area contributed by atoms with Crippen molar-refractivity contribution in [3.8, 4) is 11.5 Å². The van der Waals surface area contributed by atoms with Gasteiger partial charge in [-0.3, -0.25) is 0 Å². The number of alkyl halides is 2. The fraction of sp³-hybridized carbons (Fsp3) is 0.250. The van der Waals surface area contributed by atoms with Crippen LogP contribution in [0.5, 0.6) is 11.5 Å². The summed E-state index contributed by atoms with van der Waals surface area (Å²) in [5, 5.41) is 0. The van der Waals surface area contributed by atoms with Crippen molar-refractivity contribution < 1.29 is 9.47 Å². The Morgan fingerprint density at radius 2 is 1.10 bits per heavy atom. The first-order valence-electron chi connectivity index (χ1n) is 6.53. The van der Waals surface area contributed by atoms with E-state index in [0.29, 0.717) is 11.5 Å². The second kappa shape index (κ2) is 9.08. The quantitative estimate of drug-likeness (QED) is 0.628. The molecule has 0 radical (unpaired) electrons. The Labute approximate surface area is 139 Å². The lowest BCUT2D eigenvalue weighted by Gasteiger charge is -2.15. The second-order valence-electron chi connectivity index (χ2n) is 4.22. The highest BCUT2D eigenvalue weighted by Crippen LogP contribution is 2.19. The van der Waals surface area contributed by atoms with Gasteiger partial charge in [-0.25, -0.2) is 0 Å². The maximum absolute atomic E-state index is 6.13. The van der Waals surface area contributed by atoms with Gasteiger partial charge < -0.3 is 9.47 Å². The van der Waals surface area contributed by atoms with Gasteiger partial charge in [-0.15, -0.1) is 0 Å². The van der Waals surface area contributed by atoms with Crippen LogP contribution >= 0.6 is 35.0 Å². The minimum Gasteiger partial charge on any atom is -0.474 e. The van der Waals surface area contributed by atoms with E-state index in [2.05, 4.69) is 0 Å². The van der Waals surface area contributed by atoms with Gasteiger partial charge in [-0.1, -0.05) is 59.6 Å². The van der Waals surface area contributed by atoms with Crippen molar-refractivity contribution >= 4 is 35.0 Å². The van der Waals surface area contributed by atoms with Crippen LogP contribution < -0.4 is 9.47 Å². The Kier molecular flexibility index (Phi) is 7.07. The average molecular weight is 343 g/mol. The van der Waals surface area contributed by atoms with Gasteiger partial charge in [0.15, 0.2) is 11.1 Å². The molecule has 0 amide bonds. The number of para-hydroxylation sites is 2. The predicted molar refractivity (Wildman–Crippen MR) is 90.7 cm³/mol. The van der Waals surface area contributed by atoms with Crippen molar-refractivity contribution in [2.24, 2.45) is 0 Å². The maximum Gasteiger partial charge on any atom is 0.181 e. The van der Waals surface area contributed by atoms with Crippen molar-refractivity contribution in [3.63, 3.8) is 0 Å². The molecule has 5 heteroatoms. The molecule has 0 spiro atoms. The van der Waals surface area contributed by atoms with Crippen LogP contribution in [0.1, 0.15) is 0 Å². The fourth-order valence-corrected chi connectivity index (χ4v) is 3.00. The molecule has 0 bridgehead atoms. The SMILES string of the molecule is ClC(CSCC(Cl)Oc1ccccc1)Oc1ccccc1. The van der Waals surface area contributed by atoms with E-state index >= 15 is 0 Å². The first-order valence-corrected chi connectivity index (χ1v) is 8.56. The van der Waals surface area contributed by atoms with E-state index < -0.39 is 11.1 Å². The molecule has 0 saturated heterocycles. The van der Waals surface area contributed by atoms with Crippen molar-refractivity contribution in [1.82, 2.24) is 0 Å². The summed E-state index contributed by atoms with van der Waals surface area (Å²) in [6.45, 7) is 0. The summed E-state index contributed by atoms with van der Waals surface area (Å²) in [6.07, 6.45) is 0. The summed E-state index contributed by atoms with van der Waals surface area (Å²) in [6, 6.07) is 19.0. The van der Waals surface area contributed by atoms with E-state index in [1.807, 2.05) is 60.7 Å². The molecule has 0 aliphatic carbocycles. The molecular weight excluding hydrogens is 327 g/mol. The van der Waals surface area contributed by atoms with E-state index in [1.54, 1.807) is 11.8 Å². The first-order chi connectivity index (χ1) is 10.2. The van der Waals surface area contributed by atoms with Crippen LogP contribution in [0.4, 0.5) is 0 Å². The molecule has 2 aromatic carbocycles. The number of hydrogen-bond donors (Lipinski definition) is 0. The maximum atomic E-state index is 6.13. The van der Waals surface area contributed by atoms with Crippen LogP contribution in [0.15, 0.2) is 60.7 Å². The summed E-state index contributed by atoms with van der Waals surface area (Å²) >= 11 is 13.9. The fourth-order valence-electron chi connectivity index (χ4n) is 1.61. The second-order valence-corrected chi connectivity index (χ2v) is 6.27. The predicted octanol–water partition coefficient (Wildman–Crippen LogP) is 5.01. The standard InChI is InChI=1S/C16H16Cl2O2S/c17-15(19-13-7-3-1-4-8-13)11-21-12-16(18)20-14-9-5-2-6-10-14/h1-10,15-16H,11-12H2. The molecule has 0 aliphatic rings. The van der Waals surface area contributed by atoms with Crippen LogP contribution in [-0.4, -0.2) is 22.6 Å². The normalized spacial score (nSPS) is 13.4. The van der Waals surface area contributed by atoms with E-state index in [-0.39, 0.29) is 0 Å². The monoisotopic (exact) mass is 342 g/mol. The molecule has 0 fully saturated rings. The summed E-state index contributed by atoms with van der Waals surface area (Å²) in [5.74, 6) is 2.80. The molecule has 2 atom stereocenters. The highest BCUT2D eigenvalue weighted by atomic mass is 35.5. The Morgan fingerprint density at radius 1 is 0.714 bits per heavy atom. The Bertz CT molecular complexity index is 463. The molecule has 2 rings (SSSR count). The van der Waals surface area contributed by atoms with Gasteiger partial charge in [0.2, 0.25) is 0 Å². The average Bonchev–Trinajstić information content (AvgIpc) is 2.49. The minimum absolute atomic E-state index is 0.391. The smallest absolute Gasteiger partial charge is 0.181 e. The van der Waals surface area contributed by atoms with Crippen LogP contribution in [0.2, 0.25) is 0 Å². The third-order valence-electron chi connectivity index (χ3n) is 2.51. The highest BCUT2D eigenvalue weighted by molar-refractivity contribution is 7.99. The van der Waals surface area contributed by atoms with Crippen LogP contribution in [-0.2, 0) is 0 Å². The summed E-state index contributed by atoms with van der Waals surface area (Å²) < 4.78 is 11.2. The van der Waals surface area contributed by atoms with Gasteiger partial charge in [0.25, 0.3) is 0 Å². The summed E-state index contributed by atoms with van der Waals surface area (Å²) in [4.78, 5) is 0. The summed E-state index contributed by atoms with van der Waals surface area (Å²) in [7, 11) is 0. The van der Waals surface area contributed by atoms with Gasteiger partial charge >= 0.3 is 0 Å². The van der Waals surface area contributed by atoms with Gasteiger partial charge in [0, 0.05) is 11.5 Å². The molecule has 0 aromatic heterocycles. The van der Waals surface area contributed by atoms with Gasteiger partial charge in [-0.05, 0) is 24.3 Å². The van der Waals surface area contributed by atoms with E-state index in [4.69, 9.17) is 32.7 Å². The largest absolute Gasteiger partial charge is 0.474 e. The molecule has 0 heterocycles. The zero-order chi connectivity index (χ0) is 14.9. The molecule has 0 saturated carbocycles. The Morgan fingerprint density at radius 3 is 1.48 bits per heavy atom. The number of halogens is 2. The third-order valence-corrected chi connectivity index (χ3v) is 4.44.